The van der Waals surface area contributed by atoms with E-state index in [0.717, 1.165) is 36.8 Å². The molecule has 2 aliphatic rings. The Kier molecular flexibility index (Phi) is 8.06. The number of nitrogens with one attached hydrogen (secondary N) is 1. The zero-order valence-corrected chi connectivity index (χ0v) is 20.2. The number of carbonyl (C=O) groups excluding carboxylic acids is 2. The van der Waals surface area contributed by atoms with Crippen molar-refractivity contribution in [3.63, 3.8) is 0 Å². The van der Waals surface area contributed by atoms with Crippen LogP contribution >= 0.6 is 0 Å². The van der Waals surface area contributed by atoms with Crippen LogP contribution in [0.5, 0.6) is 0 Å². The number of rotatable bonds is 9. The molecule has 0 aromatic heterocycles. The first-order chi connectivity index (χ1) is 17.0. The van der Waals surface area contributed by atoms with Gasteiger partial charge in [0.15, 0.2) is 0 Å². The van der Waals surface area contributed by atoms with E-state index in [9.17, 15) is 19.5 Å². The van der Waals surface area contributed by atoms with Gasteiger partial charge in [-0.1, -0.05) is 68.3 Å². The molecular weight excluding hydrogens is 444 g/mol. The summed E-state index contributed by atoms with van der Waals surface area (Å²) in [4.78, 5) is 38.4. The predicted molar refractivity (Wildman–Crippen MR) is 133 cm³/mol. The lowest BCUT2D eigenvalue weighted by Crippen LogP contribution is -2.45. The molecule has 1 fully saturated rings. The Morgan fingerprint density at radius 2 is 1.63 bits per heavy atom. The molecule has 35 heavy (non-hydrogen) atoms. The lowest BCUT2D eigenvalue weighted by Gasteiger charge is -2.34. The van der Waals surface area contributed by atoms with Gasteiger partial charge in [-0.3, -0.25) is 9.59 Å². The smallest absolute Gasteiger partial charge is 0.407 e. The number of hydrogen-bond donors (Lipinski definition) is 2. The summed E-state index contributed by atoms with van der Waals surface area (Å²) in [6.45, 7) is 2.67. The van der Waals surface area contributed by atoms with Gasteiger partial charge in [0.1, 0.15) is 13.2 Å². The molecule has 2 atom stereocenters. The second-order valence-corrected chi connectivity index (χ2v) is 9.51. The van der Waals surface area contributed by atoms with Crippen molar-refractivity contribution in [1.82, 2.24) is 10.2 Å². The van der Waals surface area contributed by atoms with E-state index in [4.69, 9.17) is 4.74 Å². The maximum atomic E-state index is 13.1. The van der Waals surface area contributed by atoms with Gasteiger partial charge in [-0.15, -0.1) is 0 Å². The molecular formula is C28H34N2O5. The molecule has 2 N–H and O–H groups in total. The molecule has 7 nitrogen and oxygen atoms in total. The lowest BCUT2D eigenvalue weighted by atomic mass is 9.78. The van der Waals surface area contributed by atoms with Crippen molar-refractivity contribution in [3.8, 4) is 11.1 Å². The van der Waals surface area contributed by atoms with Crippen molar-refractivity contribution in [1.29, 1.82) is 0 Å². The van der Waals surface area contributed by atoms with E-state index in [-0.39, 0.29) is 36.8 Å². The molecule has 2 amide bonds. The maximum Gasteiger partial charge on any atom is 0.407 e. The maximum absolute atomic E-state index is 13.1. The summed E-state index contributed by atoms with van der Waals surface area (Å²) < 4.78 is 5.64. The molecule has 186 valence electrons. The number of nitrogens with zero attached hydrogens (tertiary/aromatic N) is 1. The number of aliphatic carboxylic acids is 1. The summed E-state index contributed by atoms with van der Waals surface area (Å²) in [6.07, 6.45) is 3.69. The second-order valence-electron chi connectivity index (χ2n) is 9.51. The summed E-state index contributed by atoms with van der Waals surface area (Å²) in [7, 11) is 0. The Labute approximate surface area is 206 Å². The first-order valence-electron chi connectivity index (χ1n) is 12.6. The number of amides is 2. The Balaban J connectivity index is 1.35. The van der Waals surface area contributed by atoms with Crippen LogP contribution in [0.4, 0.5) is 4.79 Å². The Bertz CT molecular complexity index is 1020. The number of ether oxygens (including phenoxy) is 1. The van der Waals surface area contributed by atoms with E-state index in [1.54, 1.807) is 0 Å². The van der Waals surface area contributed by atoms with Crippen LogP contribution in [0.3, 0.4) is 0 Å². The molecule has 4 rings (SSSR count). The highest BCUT2D eigenvalue weighted by molar-refractivity contribution is 5.83. The van der Waals surface area contributed by atoms with Gasteiger partial charge in [0, 0.05) is 24.9 Å². The molecule has 7 heteroatoms. The number of carboxylic acid groups (broad SMARTS) is 1. The topological polar surface area (TPSA) is 95.9 Å². The van der Waals surface area contributed by atoms with Crippen LogP contribution in [0.25, 0.3) is 11.1 Å². The summed E-state index contributed by atoms with van der Waals surface area (Å²) >= 11 is 0. The highest BCUT2D eigenvalue weighted by Gasteiger charge is 2.35. The minimum atomic E-state index is -1.00. The van der Waals surface area contributed by atoms with Crippen LogP contribution in [-0.4, -0.2) is 54.2 Å². The Morgan fingerprint density at radius 1 is 1.00 bits per heavy atom. The Morgan fingerprint density at radius 3 is 2.26 bits per heavy atom. The SMILES string of the molecule is CCCN(CC(=O)O)C(=O)[C@@H]1CCCC[C@@H]1CNC(=O)OCC1c2ccccc2-c2ccccc21. The molecule has 2 aliphatic carbocycles. The summed E-state index contributed by atoms with van der Waals surface area (Å²) in [6, 6.07) is 16.4. The van der Waals surface area contributed by atoms with Crippen molar-refractivity contribution in [2.45, 2.75) is 44.9 Å². The highest BCUT2D eigenvalue weighted by Crippen LogP contribution is 2.44. The number of hydrogen-bond acceptors (Lipinski definition) is 4. The molecule has 2 aromatic rings. The largest absolute Gasteiger partial charge is 0.480 e. The van der Waals surface area contributed by atoms with E-state index in [2.05, 4.69) is 29.6 Å². The minimum Gasteiger partial charge on any atom is -0.480 e. The first-order valence-corrected chi connectivity index (χ1v) is 12.6. The third kappa shape index (κ3) is 5.66. The highest BCUT2D eigenvalue weighted by atomic mass is 16.5. The lowest BCUT2D eigenvalue weighted by molar-refractivity contribution is -0.147. The molecule has 0 radical (unpaired) electrons. The van der Waals surface area contributed by atoms with Crippen molar-refractivity contribution in [3.05, 3.63) is 59.7 Å². The molecule has 1 saturated carbocycles. The van der Waals surface area contributed by atoms with Crippen LogP contribution in [0.1, 0.15) is 56.1 Å². The van der Waals surface area contributed by atoms with Gasteiger partial charge in [-0.25, -0.2) is 4.79 Å². The number of alkyl carbamates (subject to hydrolysis) is 1. The number of benzene rings is 2. The van der Waals surface area contributed by atoms with E-state index < -0.39 is 12.1 Å². The van der Waals surface area contributed by atoms with Crippen LogP contribution in [0.15, 0.2) is 48.5 Å². The number of carbonyl (C=O) groups is 3. The average molecular weight is 479 g/mol. The molecule has 0 spiro atoms. The van der Waals surface area contributed by atoms with Gasteiger partial charge in [0.25, 0.3) is 0 Å². The summed E-state index contributed by atoms with van der Waals surface area (Å²) in [5.41, 5.74) is 4.68. The second kappa shape index (κ2) is 11.4. The normalized spacial score (nSPS) is 18.9. The van der Waals surface area contributed by atoms with Crippen LogP contribution < -0.4 is 5.32 Å². The zero-order chi connectivity index (χ0) is 24.8. The third-order valence-electron chi connectivity index (χ3n) is 7.21. The van der Waals surface area contributed by atoms with Crippen molar-refractivity contribution in [2.75, 3.05) is 26.2 Å². The van der Waals surface area contributed by atoms with Gasteiger partial charge in [0.05, 0.1) is 0 Å². The summed E-state index contributed by atoms with van der Waals surface area (Å²) in [5.74, 6) is -1.42. The third-order valence-corrected chi connectivity index (χ3v) is 7.21. The fraction of sp³-hybridized carbons (Fsp3) is 0.464. The molecule has 0 unspecified atom stereocenters. The van der Waals surface area contributed by atoms with E-state index in [1.807, 2.05) is 31.2 Å². The van der Waals surface area contributed by atoms with E-state index in [0.29, 0.717) is 19.5 Å². The number of fused-ring (bicyclic) bond motifs is 3. The number of carboxylic acids is 1. The molecule has 0 saturated heterocycles. The van der Waals surface area contributed by atoms with E-state index >= 15 is 0 Å². The van der Waals surface area contributed by atoms with Crippen LogP contribution in [-0.2, 0) is 14.3 Å². The van der Waals surface area contributed by atoms with Crippen LogP contribution in [0, 0.1) is 11.8 Å². The fourth-order valence-corrected chi connectivity index (χ4v) is 5.58. The standard InChI is InChI=1S/C28H34N2O5/c1-2-15-30(17-26(31)32)27(33)20-10-4-3-9-19(20)16-29-28(34)35-18-25-23-13-7-5-11-21(23)22-12-6-8-14-24(22)25/h5-8,11-14,19-20,25H,2-4,9-10,15-18H2,1H3,(H,29,34)(H,31,32)/t19-,20-/m1/s1. The minimum absolute atomic E-state index is 0.00391. The molecule has 2 aromatic carbocycles. The molecule has 0 aliphatic heterocycles. The first kappa shape index (κ1) is 24.8. The van der Waals surface area contributed by atoms with Gasteiger partial charge in [-0.2, -0.15) is 0 Å². The van der Waals surface area contributed by atoms with Gasteiger partial charge >= 0.3 is 12.1 Å². The predicted octanol–water partition coefficient (Wildman–Crippen LogP) is 4.65. The molecule has 0 bridgehead atoms. The van der Waals surface area contributed by atoms with E-state index in [1.165, 1.54) is 16.0 Å². The van der Waals surface area contributed by atoms with Crippen molar-refractivity contribution in [2.24, 2.45) is 11.8 Å². The van der Waals surface area contributed by atoms with Gasteiger partial charge in [0.2, 0.25) is 5.91 Å². The Hall–Kier alpha value is -3.35. The molecule has 0 heterocycles. The van der Waals surface area contributed by atoms with Gasteiger partial charge < -0.3 is 20.1 Å². The van der Waals surface area contributed by atoms with Crippen molar-refractivity contribution < 1.29 is 24.2 Å². The fourth-order valence-electron chi connectivity index (χ4n) is 5.58. The quantitative estimate of drug-likeness (QED) is 0.547. The van der Waals surface area contributed by atoms with Gasteiger partial charge in [-0.05, 0) is 47.4 Å². The summed E-state index contributed by atoms with van der Waals surface area (Å²) in [5, 5.41) is 12.1. The zero-order valence-electron chi connectivity index (χ0n) is 20.2. The van der Waals surface area contributed by atoms with Crippen LogP contribution in [0.2, 0.25) is 0 Å². The van der Waals surface area contributed by atoms with Crippen molar-refractivity contribution >= 4 is 18.0 Å². The average Bonchev–Trinajstić information content (AvgIpc) is 3.19. The monoisotopic (exact) mass is 478 g/mol.